The summed E-state index contributed by atoms with van der Waals surface area (Å²) in [4.78, 5) is 21.0. The van der Waals surface area contributed by atoms with Crippen LogP contribution in [0, 0.1) is 20.8 Å². The quantitative estimate of drug-likeness (QED) is 0.260. The van der Waals surface area contributed by atoms with Gasteiger partial charge in [-0.15, -0.1) is 0 Å². The third-order valence-corrected chi connectivity index (χ3v) is 7.43. The minimum Gasteiger partial charge on any atom is -0.496 e. The molecule has 1 aliphatic heterocycles. The van der Waals surface area contributed by atoms with Crippen molar-refractivity contribution >= 4 is 34.8 Å². The number of rotatable bonds is 5. The number of aryl methyl sites for hydroxylation is 3. The van der Waals surface area contributed by atoms with Crippen LogP contribution in [0.2, 0.25) is 10.0 Å². The second kappa shape index (κ2) is 9.55. The highest BCUT2D eigenvalue weighted by molar-refractivity contribution is 6.31. The van der Waals surface area contributed by atoms with E-state index in [0.717, 1.165) is 44.9 Å². The molecule has 0 bridgehead atoms. The standard InChI is InChI=1S/C30H29Cl2N3O2/c1-16(2)34-28-26(33-29(34)23-11-7-17(3)13-25(23)37-6)30(36)35(24-15-21(32)9-8-18(24)4)27(28)22-12-10-20(31)14-19(22)5/h7-16,27H,1-6H3. The largest absolute Gasteiger partial charge is 0.496 e. The van der Waals surface area contributed by atoms with E-state index in [-0.39, 0.29) is 11.9 Å². The van der Waals surface area contributed by atoms with Gasteiger partial charge in [-0.2, -0.15) is 0 Å². The average Bonchev–Trinajstić information content (AvgIpc) is 3.36. The van der Waals surface area contributed by atoms with Crippen molar-refractivity contribution in [2.24, 2.45) is 0 Å². The van der Waals surface area contributed by atoms with Gasteiger partial charge >= 0.3 is 0 Å². The molecule has 4 aromatic rings. The van der Waals surface area contributed by atoms with Crippen LogP contribution >= 0.6 is 23.2 Å². The third-order valence-electron chi connectivity index (χ3n) is 6.96. The Labute approximate surface area is 227 Å². The number of anilines is 1. The lowest BCUT2D eigenvalue weighted by Crippen LogP contribution is -2.31. The molecule has 1 aromatic heterocycles. The summed E-state index contributed by atoms with van der Waals surface area (Å²) in [5.74, 6) is 1.27. The number of methoxy groups -OCH3 is 1. The molecular weight excluding hydrogens is 505 g/mol. The molecule has 7 heteroatoms. The van der Waals surface area contributed by atoms with Crippen LogP contribution in [0.4, 0.5) is 5.69 Å². The molecule has 37 heavy (non-hydrogen) atoms. The van der Waals surface area contributed by atoms with Gasteiger partial charge in [-0.05, 0) is 93.3 Å². The summed E-state index contributed by atoms with van der Waals surface area (Å²) in [6, 6.07) is 17.1. The minimum atomic E-state index is -0.406. The number of fused-ring (bicyclic) bond motifs is 1. The lowest BCUT2D eigenvalue weighted by atomic mass is 9.97. The Morgan fingerprint density at radius 1 is 0.919 bits per heavy atom. The Morgan fingerprint density at radius 3 is 2.30 bits per heavy atom. The average molecular weight is 534 g/mol. The van der Waals surface area contributed by atoms with Crippen LogP contribution in [0.1, 0.15) is 64.4 Å². The first-order valence-electron chi connectivity index (χ1n) is 12.2. The second-order valence-electron chi connectivity index (χ2n) is 9.85. The van der Waals surface area contributed by atoms with Gasteiger partial charge in [0.25, 0.3) is 5.91 Å². The Kier molecular flexibility index (Phi) is 6.55. The van der Waals surface area contributed by atoms with E-state index >= 15 is 0 Å². The van der Waals surface area contributed by atoms with Crippen molar-refractivity contribution in [2.45, 2.75) is 46.7 Å². The molecule has 5 rings (SSSR count). The molecule has 3 aromatic carbocycles. The fourth-order valence-corrected chi connectivity index (χ4v) is 5.63. The van der Waals surface area contributed by atoms with Crippen molar-refractivity contribution in [2.75, 3.05) is 12.0 Å². The van der Waals surface area contributed by atoms with Crippen molar-refractivity contribution in [3.8, 4) is 17.1 Å². The first kappa shape index (κ1) is 25.4. The molecule has 1 amide bonds. The molecule has 0 saturated heterocycles. The highest BCUT2D eigenvalue weighted by Gasteiger charge is 2.45. The Bertz CT molecular complexity index is 1540. The van der Waals surface area contributed by atoms with Crippen molar-refractivity contribution in [3.05, 3.63) is 98.3 Å². The number of ether oxygens (including phenoxy) is 1. The van der Waals surface area contributed by atoms with Gasteiger partial charge in [-0.25, -0.2) is 4.98 Å². The van der Waals surface area contributed by atoms with E-state index in [1.54, 1.807) is 7.11 Å². The van der Waals surface area contributed by atoms with Crippen LogP contribution in [0.25, 0.3) is 11.4 Å². The molecule has 0 spiro atoms. The molecule has 1 atom stereocenters. The smallest absolute Gasteiger partial charge is 0.279 e. The number of halogens is 2. The van der Waals surface area contributed by atoms with Crippen LogP contribution in [0.3, 0.4) is 0 Å². The number of aromatic nitrogens is 2. The van der Waals surface area contributed by atoms with E-state index in [9.17, 15) is 4.79 Å². The van der Waals surface area contributed by atoms with Gasteiger partial charge < -0.3 is 9.30 Å². The Morgan fingerprint density at radius 2 is 1.62 bits per heavy atom. The zero-order chi connectivity index (χ0) is 26.6. The molecule has 0 saturated carbocycles. The highest BCUT2D eigenvalue weighted by Crippen LogP contribution is 2.47. The number of hydrogen-bond donors (Lipinski definition) is 0. The van der Waals surface area contributed by atoms with Gasteiger partial charge in [0.1, 0.15) is 17.6 Å². The first-order valence-corrected chi connectivity index (χ1v) is 13.0. The molecule has 0 fully saturated rings. The van der Waals surface area contributed by atoms with Crippen LogP contribution in [-0.2, 0) is 0 Å². The maximum absolute atomic E-state index is 14.2. The molecule has 2 heterocycles. The lowest BCUT2D eigenvalue weighted by Gasteiger charge is -2.30. The molecular formula is C30H29Cl2N3O2. The van der Waals surface area contributed by atoms with E-state index < -0.39 is 6.04 Å². The van der Waals surface area contributed by atoms with E-state index in [2.05, 4.69) is 18.4 Å². The van der Waals surface area contributed by atoms with Crippen LogP contribution in [-0.4, -0.2) is 22.6 Å². The number of carbonyl (C=O) groups is 1. The van der Waals surface area contributed by atoms with Gasteiger partial charge in [0, 0.05) is 21.8 Å². The number of hydrogen-bond acceptors (Lipinski definition) is 3. The molecule has 1 aliphatic rings. The molecule has 0 N–H and O–H groups in total. The molecule has 0 aliphatic carbocycles. The number of nitrogens with zero attached hydrogens (tertiary/aromatic N) is 3. The fraction of sp³-hybridized carbons (Fsp3) is 0.267. The van der Waals surface area contributed by atoms with E-state index in [1.807, 2.05) is 80.3 Å². The van der Waals surface area contributed by atoms with Crippen molar-refractivity contribution in [1.82, 2.24) is 9.55 Å². The molecule has 0 radical (unpaired) electrons. The minimum absolute atomic E-state index is 0.0283. The Balaban J connectivity index is 1.83. The summed E-state index contributed by atoms with van der Waals surface area (Å²) in [7, 11) is 1.66. The van der Waals surface area contributed by atoms with Crippen LogP contribution in [0.5, 0.6) is 5.75 Å². The number of carbonyl (C=O) groups excluding carboxylic acids is 1. The molecule has 190 valence electrons. The molecule has 1 unspecified atom stereocenters. The Hall–Kier alpha value is -3.28. The topological polar surface area (TPSA) is 47.4 Å². The van der Waals surface area contributed by atoms with Crippen molar-refractivity contribution < 1.29 is 9.53 Å². The maximum Gasteiger partial charge on any atom is 0.279 e. The fourth-order valence-electron chi connectivity index (χ4n) is 5.24. The van der Waals surface area contributed by atoms with Gasteiger partial charge in [0.15, 0.2) is 5.69 Å². The second-order valence-corrected chi connectivity index (χ2v) is 10.7. The van der Waals surface area contributed by atoms with Gasteiger partial charge in [-0.3, -0.25) is 9.69 Å². The van der Waals surface area contributed by atoms with Crippen LogP contribution in [0.15, 0.2) is 54.6 Å². The summed E-state index contributed by atoms with van der Waals surface area (Å²) in [6.07, 6.45) is 0. The zero-order valence-electron chi connectivity index (χ0n) is 21.8. The van der Waals surface area contributed by atoms with Crippen molar-refractivity contribution in [3.63, 3.8) is 0 Å². The first-order chi connectivity index (χ1) is 17.6. The summed E-state index contributed by atoms with van der Waals surface area (Å²) in [5, 5.41) is 1.22. The summed E-state index contributed by atoms with van der Waals surface area (Å²) < 4.78 is 7.89. The van der Waals surface area contributed by atoms with Crippen LogP contribution < -0.4 is 9.64 Å². The van der Waals surface area contributed by atoms with E-state index in [1.165, 1.54) is 0 Å². The lowest BCUT2D eigenvalue weighted by molar-refractivity contribution is 0.0989. The predicted octanol–water partition coefficient (Wildman–Crippen LogP) is 8.12. The van der Waals surface area contributed by atoms with E-state index in [4.69, 9.17) is 32.9 Å². The number of benzene rings is 3. The SMILES string of the molecule is COc1cc(C)ccc1-c1nc2c(n1C(C)C)C(c1ccc(Cl)cc1C)N(c1cc(Cl)ccc1C)C2=O. The molecule has 5 nitrogen and oxygen atoms in total. The summed E-state index contributed by atoms with van der Waals surface area (Å²) in [6.45, 7) is 10.2. The number of amides is 1. The van der Waals surface area contributed by atoms with Crippen molar-refractivity contribution in [1.29, 1.82) is 0 Å². The van der Waals surface area contributed by atoms with E-state index in [0.29, 0.717) is 21.6 Å². The summed E-state index contributed by atoms with van der Waals surface area (Å²) >= 11 is 12.8. The van der Waals surface area contributed by atoms with Gasteiger partial charge in [0.05, 0.1) is 18.4 Å². The zero-order valence-corrected chi connectivity index (χ0v) is 23.3. The number of imidazole rings is 1. The monoisotopic (exact) mass is 533 g/mol. The summed E-state index contributed by atoms with van der Waals surface area (Å²) in [5.41, 5.74) is 6.92. The maximum atomic E-state index is 14.2. The third kappa shape index (κ3) is 4.20. The van der Waals surface area contributed by atoms with Gasteiger partial charge in [-0.1, -0.05) is 41.4 Å². The normalized spacial score (nSPS) is 15.0. The predicted molar refractivity (Wildman–Crippen MR) is 150 cm³/mol. The van der Waals surface area contributed by atoms with Gasteiger partial charge in [0.2, 0.25) is 0 Å². The highest BCUT2D eigenvalue weighted by atomic mass is 35.5.